The summed E-state index contributed by atoms with van der Waals surface area (Å²) >= 11 is 0. The molecule has 1 unspecified atom stereocenters. The normalized spacial score (nSPS) is 12.6. The van der Waals surface area contributed by atoms with Crippen LogP contribution in [0.1, 0.15) is 25.8 Å². The van der Waals surface area contributed by atoms with E-state index >= 15 is 0 Å². The van der Waals surface area contributed by atoms with Gasteiger partial charge in [0.1, 0.15) is 0 Å². The average molecular weight is 192 g/mol. The number of anilines is 2. The molecule has 0 saturated carbocycles. The Kier molecular flexibility index (Phi) is 3.39. The van der Waals surface area contributed by atoms with Gasteiger partial charge in [-0.15, -0.1) is 0 Å². The fraction of sp³-hybridized carbons (Fsp3) is 0.500. The minimum absolute atomic E-state index is 0.552. The van der Waals surface area contributed by atoms with Gasteiger partial charge in [0, 0.05) is 24.5 Å². The zero-order valence-corrected chi connectivity index (χ0v) is 9.54. The van der Waals surface area contributed by atoms with Crippen molar-refractivity contribution in [2.24, 2.45) is 0 Å². The average Bonchev–Trinajstić information content (AvgIpc) is 2.14. The Morgan fingerprint density at radius 3 is 2.50 bits per heavy atom. The highest BCUT2D eigenvalue weighted by atomic mass is 15.1. The van der Waals surface area contributed by atoms with Crippen molar-refractivity contribution in [1.29, 1.82) is 0 Å². The lowest BCUT2D eigenvalue weighted by Crippen LogP contribution is -2.28. The predicted molar refractivity (Wildman–Crippen MR) is 63.7 cm³/mol. The van der Waals surface area contributed by atoms with Gasteiger partial charge in [0.15, 0.2) is 0 Å². The van der Waals surface area contributed by atoms with Gasteiger partial charge in [-0.05, 0) is 44.0 Å². The maximum atomic E-state index is 5.81. The van der Waals surface area contributed by atoms with Crippen molar-refractivity contribution in [1.82, 2.24) is 0 Å². The van der Waals surface area contributed by atoms with E-state index in [1.165, 1.54) is 11.3 Å². The lowest BCUT2D eigenvalue weighted by molar-refractivity contribution is 0.664. The molecule has 1 aromatic rings. The maximum Gasteiger partial charge on any atom is 0.0389 e. The molecule has 78 valence electrons. The number of benzene rings is 1. The van der Waals surface area contributed by atoms with E-state index in [0.29, 0.717) is 6.04 Å². The van der Waals surface area contributed by atoms with E-state index in [2.05, 4.69) is 38.8 Å². The Morgan fingerprint density at radius 1 is 1.36 bits per heavy atom. The summed E-state index contributed by atoms with van der Waals surface area (Å²) in [6, 6.07) is 6.74. The molecule has 1 rings (SSSR count). The molecule has 14 heavy (non-hydrogen) atoms. The van der Waals surface area contributed by atoms with Crippen molar-refractivity contribution in [3.05, 3.63) is 23.8 Å². The molecule has 0 spiro atoms. The topological polar surface area (TPSA) is 29.3 Å². The lowest BCUT2D eigenvalue weighted by atomic mass is 10.1. The Morgan fingerprint density at radius 2 is 2.00 bits per heavy atom. The summed E-state index contributed by atoms with van der Waals surface area (Å²) in [4.78, 5) is 2.27. The minimum atomic E-state index is 0.552. The van der Waals surface area contributed by atoms with Crippen LogP contribution in [-0.4, -0.2) is 13.1 Å². The summed E-state index contributed by atoms with van der Waals surface area (Å²) in [6.07, 6.45) is 1.14. The Hall–Kier alpha value is -1.18. The summed E-state index contributed by atoms with van der Waals surface area (Å²) in [6.45, 7) is 6.49. The number of nitrogens with two attached hydrogens (primary N) is 1. The third-order valence-corrected chi connectivity index (χ3v) is 2.74. The fourth-order valence-corrected chi connectivity index (χ4v) is 1.52. The molecule has 0 aromatic heterocycles. The highest BCUT2D eigenvalue weighted by Gasteiger charge is 2.08. The van der Waals surface area contributed by atoms with Gasteiger partial charge in [0.25, 0.3) is 0 Å². The largest absolute Gasteiger partial charge is 0.399 e. The number of nitrogen functional groups attached to an aromatic ring is 1. The third kappa shape index (κ3) is 2.41. The van der Waals surface area contributed by atoms with Gasteiger partial charge in [0.05, 0.1) is 0 Å². The van der Waals surface area contributed by atoms with Gasteiger partial charge in [-0.25, -0.2) is 0 Å². The zero-order chi connectivity index (χ0) is 10.7. The van der Waals surface area contributed by atoms with E-state index in [4.69, 9.17) is 5.73 Å². The van der Waals surface area contributed by atoms with Crippen molar-refractivity contribution in [3.63, 3.8) is 0 Å². The summed E-state index contributed by atoms with van der Waals surface area (Å²) in [5.74, 6) is 0. The van der Waals surface area contributed by atoms with Crippen molar-refractivity contribution in [2.75, 3.05) is 17.7 Å². The lowest BCUT2D eigenvalue weighted by Gasteiger charge is -2.26. The third-order valence-electron chi connectivity index (χ3n) is 2.74. The monoisotopic (exact) mass is 192 g/mol. The molecule has 1 aromatic carbocycles. The van der Waals surface area contributed by atoms with E-state index < -0.39 is 0 Å². The van der Waals surface area contributed by atoms with E-state index in [-0.39, 0.29) is 0 Å². The van der Waals surface area contributed by atoms with E-state index in [1.807, 2.05) is 12.1 Å². The first kappa shape index (κ1) is 10.9. The van der Waals surface area contributed by atoms with E-state index in [1.54, 1.807) is 0 Å². The molecule has 0 aliphatic rings. The van der Waals surface area contributed by atoms with Crippen molar-refractivity contribution in [2.45, 2.75) is 33.2 Å². The molecular formula is C12H20N2. The second-order valence-electron chi connectivity index (χ2n) is 3.97. The Labute approximate surface area is 86.7 Å². The first-order valence-electron chi connectivity index (χ1n) is 5.14. The Balaban J connectivity index is 2.94. The minimum Gasteiger partial charge on any atom is -0.399 e. The highest BCUT2D eigenvalue weighted by molar-refractivity contribution is 5.58. The van der Waals surface area contributed by atoms with Gasteiger partial charge in [-0.2, -0.15) is 0 Å². The van der Waals surface area contributed by atoms with Crippen LogP contribution in [0, 0.1) is 6.92 Å². The molecule has 0 aliphatic heterocycles. The molecule has 2 heteroatoms. The van der Waals surface area contributed by atoms with E-state index in [0.717, 1.165) is 12.1 Å². The zero-order valence-electron chi connectivity index (χ0n) is 9.54. The summed E-state index contributed by atoms with van der Waals surface area (Å²) in [7, 11) is 2.11. The van der Waals surface area contributed by atoms with Crippen LogP contribution in [0.5, 0.6) is 0 Å². The number of hydrogen-bond acceptors (Lipinski definition) is 2. The second kappa shape index (κ2) is 4.36. The number of aryl methyl sites for hydroxylation is 1. The summed E-state index contributed by atoms with van der Waals surface area (Å²) in [5.41, 5.74) is 9.08. The molecule has 0 saturated heterocycles. The van der Waals surface area contributed by atoms with Crippen molar-refractivity contribution >= 4 is 11.4 Å². The molecule has 1 atom stereocenters. The highest BCUT2D eigenvalue weighted by Crippen LogP contribution is 2.21. The molecule has 0 radical (unpaired) electrons. The van der Waals surface area contributed by atoms with Crippen LogP contribution in [0.25, 0.3) is 0 Å². The first-order valence-corrected chi connectivity index (χ1v) is 5.14. The quantitative estimate of drug-likeness (QED) is 0.746. The summed E-state index contributed by atoms with van der Waals surface area (Å²) < 4.78 is 0. The Bertz CT molecular complexity index is 287. The smallest absolute Gasteiger partial charge is 0.0389 e. The molecule has 0 heterocycles. The molecular weight excluding hydrogens is 172 g/mol. The van der Waals surface area contributed by atoms with Gasteiger partial charge < -0.3 is 10.6 Å². The van der Waals surface area contributed by atoms with Crippen LogP contribution < -0.4 is 10.6 Å². The van der Waals surface area contributed by atoms with Crippen LogP contribution in [0.2, 0.25) is 0 Å². The van der Waals surface area contributed by atoms with Crippen LogP contribution in [0.4, 0.5) is 11.4 Å². The van der Waals surface area contributed by atoms with Gasteiger partial charge >= 0.3 is 0 Å². The molecule has 0 fully saturated rings. The first-order chi connectivity index (χ1) is 6.54. The number of nitrogens with zero attached hydrogens (tertiary/aromatic N) is 1. The molecule has 2 N–H and O–H groups in total. The molecule has 0 bridgehead atoms. The van der Waals surface area contributed by atoms with Crippen molar-refractivity contribution in [3.8, 4) is 0 Å². The van der Waals surface area contributed by atoms with Crippen LogP contribution in [0.3, 0.4) is 0 Å². The van der Waals surface area contributed by atoms with Crippen LogP contribution in [0.15, 0.2) is 18.2 Å². The summed E-state index contributed by atoms with van der Waals surface area (Å²) in [5, 5.41) is 0. The number of hydrogen-bond donors (Lipinski definition) is 1. The standard InChI is InChI=1S/C12H20N2/c1-5-10(3)14(4)12-7-9(2)6-11(13)8-12/h6-8,10H,5,13H2,1-4H3. The van der Waals surface area contributed by atoms with E-state index in [9.17, 15) is 0 Å². The van der Waals surface area contributed by atoms with Gasteiger partial charge in [-0.3, -0.25) is 0 Å². The maximum absolute atomic E-state index is 5.81. The molecule has 0 amide bonds. The predicted octanol–water partition coefficient (Wildman–Crippen LogP) is 2.81. The van der Waals surface area contributed by atoms with Crippen LogP contribution in [-0.2, 0) is 0 Å². The molecule has 0 aliphatic carbocycles. The molecule has 2 nitrogen and oxygen atoms in total. The van der Waals surface area contributed by atoms with Crippen molar-refractivity contribution < 1.29 is 0 Å². The fourth-order valence-electron chi connectivity index (χ4n) is 1.52. The second-order valence-corrected chi connectivity index (χ2v) is 3.97. The van der Waals surface area contributed by atoms with Crippen LogP contribution >= 0.6 is 0 Å². The van der Waals surface area contributed by atoms with Gasteiger partial charge in [-0.1, -0.05) is 6.92 Å². The van der Waals surface area contributed by atoms with Gasteiger partial charge in [0.2, 0.25) is 0 Å². The SMILES string of the molecule is CCC(C)N(C)c1cc(C)cc(N)c1. The number of rotatable bonds is 3.